The van der Waals surface area contributed by atoms with E-state index in [2.05, 4.69) is 29.0 Å². The first-order chi connectivity index (χ1) is 17.6. The molecule has 0 atom stereocenters. The zero-order valence-corrected chi connectivity index (χ0v) is 20.2. The topological polar surface area (TPSA) is 56.7 Å². The van der Waals surface area contributed by atoms with Gasteiger partial charge in [0.1, 0.15) is 11.6 Å². The smallest absolute Gasteiger partial charge is 0.334 e. The van der Waals surface area contributed by atoms with Crippen LogP contribution in [0.15, 0.2) is 77.4 Å². The first-order valence-corrected chi connectivity index (χ1v) is 11.6. The second-order valence-corrected chi connectivity index (χ2v) is 9.00. The Morgan fingerprint density at radius 1 is 0.838 bits per heavy atom. The zero-order chi connectivity index (χ0) is 26.3. The number of imidazole rings is 1. The molecule has 0 saturated heterocycles. The second-order valence-electron chi connectivity index (χ2n) is 9.00. The molecule has 5 nitrogen and oxygen atoms in total. The molecular formula is C28H22F4N4O. The van der Waals surface area contributed by atoms with Crippen LogP contribution in [0.5, 0.6) is 0 Å². The summed E-state index contributed by atoms with van der Waals surface area (Å²) < 4.78 is 60.7. The molecule has 0 aliphatic rings. The monoisotopic (exact) mass is 506 g/mol. The van der Waals surface area contributed by atoms with Crippen LogP contribution in [0.4, 0.5) is 17.6 Å². The Balaban J connectivity index is 1.40. The minimum atomic E-state index is -4.53. The number of aromatic nitrogens is 4. The first-order valence-electron chi connectivity index (χ1n) is 11.6. The maximum absolute atomic E-state index is 15.1. The molecule has 0 aliphatic carbocycles. The average molecular weight is 507 g/mol. The molecule has 2 heterocycles. The summed E-state index contributed by atoms with van der Waals surface area (Å²) in [5.74, 6) is 0.236. The Morgan fingerprint density at radius 2 is 1.51 bits per heavy atom. The normalized spacial score (nSPS) is 11.9. The zero-order valence-electron chi connectivity index (χ0n) is 20.2. The predicted molar refractivity (Wildman–Crippen MR) is 132 cm³/mol. The van der Waals surface area contributed by atoms with E-state index in [1.165, 1.54) is 17.7 Å². The van der Waals surface area contributed by atoms with Gasteiger partial charge in [-0.1, -0.05) is 61.5 Å². The molecule has 188 valence electrons. The lowest BCUT2D eigenvalue weighted by molar-refractivity contribution is -0.140. The van der Waals surface area contributed by atoms with Gasteiger partial charge in [0.2, 0.25) is 5.82 Å². The SMILES string of the molecule is CC(C)c1ccccc1-c1ccc(-c2noc(-c3ccc(-c4nc(C(F)(F)F)cn4C)cc3)n2)c(F)c1. The van der Waals surface area contributed by atoms with Gasteiger partial charge in [-0.2, -0.15) is 18.2 Å². The Labute approximate surface area is 210 Å². The van der Waals surface area contributed by atoms with Crippen molar-refractivity contribution in [2.45, 2.75) is 25.9 Å². The van der Waals surface area contributed by atoms with Gasteiger partial charge in [-0.25, -0.2) is 9.37 Å². The summed E-state index contributed by atoms with van der Waals surface area (Å²) in [4.78, 5) is 8.02. The molecule has 0 unspecified atom stereocenters. The molecule has 5 aromatic rings. The molecule has 9 heteroatoms. The lowest BCUT2D eigenvalue weighted by Crippen LogP contribution is -2.04. The van der Waals surface area contributed by atoms with Crippen molar-refractivity contribution < 1.29 is 22.1 Å². The van der Waals surface area contributed by atoms with Gasteiger partial charge in [0, 0.05) is 24.4 Å². The van der Waals surface area contributed by atoms with Crippen molar-refractivity contribution >= 4 is 0 Å². The van der Waals surface area contributed by atoms with Crippen LogP contribution in [0.1, 0.15) is 31.0 Å². The summed E-state index contributed by atoms with van der Waals surface area (Å²) in [6, 6.07) is 19.3. The molecule has 0 amide bonds. The summed E-state index contributed by atoms with van der Waals surface area (Å²) in [6.07, 6.45) is -3.59. The minimum absolute atomic E-state index is 0.0965. The van der Waals surface area contributed by atoms with Gasteiger partial charge in [0.15, 0.2) is 5.69 Å². The van der Waals surface area contributed by atoms with Crippen LogP contribution < -0.4 is 0 Å². The third-order valence-corrected chi connectivity index (χ3v) is 6.09. The van der Waals surface area contributed by atoms with Crippen molar-refractivity contribution in [1.29, 1.82) is 0 Å². The molecule has 5 rings (SSSR count). The van der Waals surface area contributed by atoms with Crippen LogP contribution in [0.2, 0.25) is 0 Å². The Morgan fingerprint density at radius 3 is 2.16 bits per heavy atom. The minimum Gasteiger partial charge on any atom is -0.334 e. The fourth-order valence-electron chi connectivity index (χ4n) is 4.21. The number of rotatable bonds is 5. The number of hydrogen-bond acceptors (Lipinski definition) is 4. The van der Waals surface area contributed by atoms with Gasteiger partial charge in [-0.05, 0) is 46.9 Å². The highest BCUT2D eigenvalue weighted by Crippen LogP contribution is 2.34. The molecule has 2 aromatic heterocycles. The maximum atomic E-state index is 15.1. The number of hydrogen-bond donors (Lipinski definition) is 0. The quantitative estimate of drug-likeness (QED) is 0.229. The van der Waals surface area contributed by atoms with Crippen LogP contribution in [0.25, 0.3) is 45.4 Å². The van der Waals surface area contributed by atoms with E-state index in [0.717, 1.165) is 22.9 Å². The number of halogens is 4. The summed E-state index contributed by atoms with van der Waals surface area (Å²) in [7, 11) is 1.50. The first kappa shape index (κ1) is 24.4. The Kier molecular flexibility index (Phi) is 6.15. The van der Waals surface area contributed by atoms with Gasteiger partial charge in [-0.3, -0.25) is 0 Å². The van der Waals surface area contributed by atoms with Gasteiger partial charge < -0.3 is 9.09 Å². The van der Waals surface area contributed by atoms with Crippen molar-refractivity contribution in [2.75, 3.05) is 0 Å². The van der Waals surface area contributed by atoms with Crippen molar-refractivity contribution in [1.82, 2.24) is 19.7 Å². The standard InChI is InChI=1S/C28H22F4N4O/c1-16(2)20-6-4-5-7-21(20)19-12-13-22(23(29)14-19)25-34-27(37-35-25)18-10-8-17(9-11-18)26-33-24(15-36(26)3)28(30,31)32/h4-16H,1-3H3. The lowest BCUT2D eigenvalue weighted by Gasteiger charge is -2.13. The van der Waals surface area contributed by atoms with Crippen LogP contribution >= 0.6 is 0 Å². The predicted octanol–water partition coefficient (Wildman–Crippen LogP) is 7.75. The molecule has 0 bridgehead atoms. The number of aryl methyl sites for hydroxylation is 1. The van der Waals surface area contributed by atoms with E-state index in [1.54, 1.807) is 30.3 Å². The highest BCUT2D eigenvalue weighted by molar-refractivity contribution is 5.72. The van der Waals surface area contributed by atoms with E-state index in [4.69, 9.17) is 4.52 Å². The van der Waals surface area contributed by atoms with Crippen LogP contribution in [-0.2, 0) is 13.2 Å². The fraction of sp³-hybridized carbons (Fsp3) is 0.179. The molecule has 0 spiro atoms. The summed E-state index contributed by atoms with van der Waals surface area (Å²) in [6.45, 7) is 4.18. The number of alkyl halides is 3. The lowest BCUT2D eigenvalue weighted by atomic mass is 9.92. The summed E-state index contributed by atoms with van der Waals surface area (Å²) >= 11 is 0. The third-order valence-electron chi connectivity index (χ3n) is 6.09. The molecule has 0 fully saturated rings. The molecule has 37 heavy (non-hydrogen) atoms. The third kappa shape index (κ3) is 4.76. The van der Waals surface area contributed by atoms with Gasteiger partial charge in [-0.15, -0.1) is 0 Å². The van der Waals surface area contributed by atoms with Crippen molar-refractivity contribution in [3.8, 4) is 45.4 Å². The Bertz CT molecular complexity index is 1570. The number of benzene rings is 3. The highest BCUT2D eigenvalue weighted by Gasteiger charge is 2.34. The molecule has 0 radical (unpaired) electrons. The second kappa shape index (κ2) is 9.31. The van der Waals surface area contributed by atoms with Crippen LogP contribution in [0.3, 0.4) is 0 Å². The summed E-state index contributed by atoms with van der Waals surface area (Å²) in [5, 5.41) is 3.93. The van der Waals surface area contributed by atoms with E-state index in [1.807, 2.05) is 30.3 Å². The Hall–Kier alpha value is -4.27. The molecular weight excluding hydrogens is 484 g/mol. The molecule has 3 aromatic carbocycles. The van der Waals surface area contributed by atoms with E-state index >= 15 is 4.39 Å². The van der Waals surface area contributed by atoms with E-state index in [0.29, 0.717) is 11.1 Å². The fourth-order valence-corrected chi connectivity index (χ4v) is 4.21. The molecule has 0 aliphatic heterocycles. The number of nitrogens with zero attached hydrogens (tertiary/aromatic N) is 4. The summed E-state index contributed by atoms with van der Waals surface area (Å²) in [5.41, 5.74) is 3.11. The maximum Gasteiger partial charge on any atom is 0.434 e. The average Bonchev–Trinajstić information content (AvgIpc) is 3.51. The van der Waals surface area contributed by atoms with Gasteiger partial charge in [0.25, 0.3) is 5.89 Å². The van der Waals surface area contributed by atoms with E-state index < -0.39 is 17.7 Å². The highest BCUT2D eigenvalue weighted by atomic mass is 19.4. The molecule has 0 saturated carbocycles. The van der Waals surface area contributed by atoms with Gasteiger partial charge in [0.05, 0.1) is 5.56 Å². The largest absolute Gasteiger partial charge is 0.434 e. The van der Waals surface area contributed by atoms with Gasteiger partial charge >= 0.3 is 6.18 Å². The van der Waals surface area contributed by atoms with Crippen LogP contribution in [-0.4, -0.2) is 19.7 Å². The van der Waals surface area contributed by atoms with Crippen molar-refractivity contribution in [2.24, 2.45) is 7.05 Å². The van der Waals surface area contributed by atoms with E-state index in [-0.39, 0.29) is 29.0 Å². The van der Waals surface area contributed by atoms with E-state index in [9.17, 15) is 13.2 Å². The van der Waals surface area contributed by atoms with Crippen molar-refractivity contribution in [3.05, 3.63) is 90.0 Å². The van der Waals surface area contributed by atoms with Crippen LogP contribution in [0, 0.1) is 5.82 Å². The van der Waals surface area contributed by atoms with Crippen molar-refractivity contribution in [3.63, 3.8) is 0 Å². The molecule has 0 N–H and O–H groups in total.